The first-order valence-corrected chi connectivity index (χ1v) is 5.45. The highest BCUT2D eigenvalue weighted by atomic mass is 16.5. The topological polar surface area (TPSA) is 50.4 Å². The number of amides is 1. The van der Waals surface area contributed by atoms with Crippen LogP contribution in [0.15, 0.2) is 0 Å². The molecule has 0 radical (unpaired) electrons. The average molecular weight is 198 g/mol. The first-order chi connectivity index (χ1) is 6.86. The van der Waals surface area contributed by atoms with Crippen molar-refractivity contribution in [1.82, 2.24) is 10.6 Å². The molecule has 1 amide bonds. The highest BCUT2D eigenvalue weighted by Crippen LogP contribution is 2.12. The van der Waals surface area contributed by atoms with E-state index in [4.69, 9.17) is 4.74 Å². The molecule has 0 saturated carbocycles. The third-order valence-electron chi connectivity index (χ3n) is 3.02. The predicted octanol–water partition coefficient (Wildman–Crippen LogP) is -0.109. The maximum Gasteiger partial charge on any atom is 0.225 e. The molecule has 2 atom stereocenters. The molecule has 14 heavy (non-hydrogen) atoms. The number of carbonyl (C=O) groups excluding carboxylic acids is 1. The van der Waals surface area contributed by atoms with Crippen LogP contribution in [0.3, 0.4) is 0 Å². The van der Waals surface area contributed by atoms with Crippen molar-refractivity contribution in [2.45, 2.75) is 25.3 Å². The Kier molecular flexibility index (Phi) is 3.37. The number of hydrogen-bond acceptors (Lipinski definition) is 3. The molecule has 0 spiro atoms. The molecule has 2 rings (SSSR count). The first kappa shape index (κ1) is 9.93. The van der Waals surface area contributed by atoms with Gasteiger partial charge in [-0.2, -0.15) is 0 Å². The molecule has 2 fully saturated rings. The second-order valence-corrected chi connectivity index (χ2v) is 4.08. The lowest BCUT2D eigenvalue weighted by atomic mass is 10.0. The Hall–Kier alpha value is -0.610. The molecule has 0 aromatic carbocycles. The summed E-state index contributed by atoms with van der Waals surface area (Å²) in [6, 6.07) is 0.634. The number of ether oxygens (including phenoxy) is 1. The van der Waals surface area contributed by atoms with Gasteiger partial charge in [0.1, 0.15) is 0 Å². The van der Waals surface area contributed by atoms with E-state index in [1.807, 2.05) is 0 Å². The summed E-state index contributed by atoms with van der Waals surface area (Å²) < 4.78 is 5.16. The van der Waals surface area contributed by atoms with Crippen molar-refractivity contribution in [3.8, 4) is 0 Å². The van der Waals surface area contributed by atoms with E-state index in [2.05, 4.69) is 10.6 Å². The summed E-state index contributed by atoms with van der Waals surface area (Å²) >= 11 is 0. The fourth-order valence-corrected chi connectivity index (χ4v) is 1.85. The van der Waals surface area contributed by atoms with Crippen molar-refractivity contribution in [3.05, 3.63) is 0 Å². The molecule has 0 aliphatic carbocycles. The molecular formula is C10H18N2O2. The van der Waals surface area contributed by atoms with Crippen LogP contribution >= 0.6 is 0 Å². The lowest BCUT2D eigenvalue weighted by molar-refractivity contribution is -0.124. The Morgan fingerprint density at radius 2 is 2.36 bits per heavy atom. The summed E-state index contributed by atoms with van der Waals surface area (Å²) in [6.07, 6.45) is 3.19. The molecule has 4 nitrogen and oxygen atoms in total. The van der Waals surface area contributed by atoms with Crippen LogP contribution in [0.25, 0.3) is 0 Å². The Balaban J connectivity index is 1.57. The number of carbonyl (C=O) groups is 1. The SMILES string of the molecule is O=C(NCCC1CCN1)C1CCOC1. The zero-order chi connectivity index (χ0) is 9.80. The highest BCUT2D eigenvalue weighted by molar-refractivity contribution is 5.78. The number of nitrogens with one attached hydrogen (secondary N) is 2. The van der Waals surface area contributed by atoms with Gasteiger partial charge in [0.25, 0.3) is 0 Å². The minimum atomic E-state index is 0.101. The van der Waals surface area contributed by atoms with Crippen LogP contribution in [0.1, 0.15) is 19.3 Å². The molecular weight excluding hydrogens is 180 g/mol. The van der Waals surface area contributed by atoms with Gasteiger partial charge < -0.3 is 15.4 Å². The van der Waals surface area contributed by atoms with Gasteiger partial charge >= 0.3 is 0 Å². The smallest absolute Gasteiger partial charge is 0.225 e. The molecule has 2 heterocycles. The van der Waals surface area contributed by atoms with Crippen LogP contribution in [0.4, 0.5) is 0 Å². The van der Waals surface area contributed by atoms with Gasteiger partial charge in [-0.1, -0.05) is 0 Å². The predicted molar refractivity (Wildman–Crippen MR) is 53.0 cm³/mol. The van der Waals surface area contributed by atoms with E-state index in [0.717, 1.165) is 32.5 Å². The van der Waals surface area contributed by atoms with E-state index in [1.54, 1.807) is 0 Å². The van der Waals surface area contributed by atoms with Gasteiger partial charge in [0, 0.05) is 19.2 Å². The van der Waals surface area contributed by atoms with Crippen LogP contribution in [0, 0.1) is 5.92 Å². The molecule has 0 bridgehead atoms. The summed E-state index contributed by atoms with van der Waals surface area (Å²) in [5, 5.41) is 6.28. The van der Waals surface area contributed by atoms with Gasteiger partial charge in [-0.15, -0.1) is 0 Å². The van der Waals surface area contributed by atoms with E-state index in [9.17, 15) is 4.79 Å². The van der Waals surface area contributed by atoms with Crippen molar-refractivity contribution in [2.24, 2.45) is 5.92 Å². The van der Waals surface area contributed by atoms with Crippen LogP contribution in [-0.4, -0.2) is 38.3 Å². The highest BCUT2D eigenvalue weighted by Gasteiger charge is 2.23. The van der Waals surface area contributed by atoms with Gasteiger partial charge in [-0.25, -0.2) is 0 Å². The van der Waals surface area contributed by atoms with Crippen molar-refractivity contribution >= 4 is 5.91 Å². The second-order valence-electron chi connectivity index (χ2n) is 4.08. The molecule has 2 unspecified atom stereocenters. The maximum absolute atomic E-state index is 11.5. The lowest BCUT2D eigenvalue weighted by Gasteiger charge is -2.27. The normalized spacial score (nSPS) is 31.1. The average Bonchev–Trinajstić information content (AvgIpc) is 2.61. The second kappa shape index (κ2) is 4.75. The zero-order valence-corrected chi connectivity index (χ0v) is 8.42. The molecule has 0 aromatic heterocycles. The number of rotatable bonds is 4. The Bertz CT molecular complexity index is 198. The molecule has 2 saturated heterocycles. The van der Waals surface area contributed by atoms with E-state index < -0.39 is 0 Å². The van der Waals surface area contributed by atoms with Crippen molar-refractivity contribution in [1.29, 1.82) is 0 Å². The van der Waals surface area contributed by atoms with Gasteiger partial charge in [0.2, 0.25) is 5.91 Å². The Labute approximate surface area is 84.4 Å². The summed E-state index contributed by atoms with van der Waals surface area (Å²) in [5.74, 6) is 0.270. The molecule has 80 valence electrons. The Morgan fingerprint density at radius 1 is 1.50 bits per heavy atom. The van der Waals surface area contributed by atoms with Gasteiger partial charge in [-0.3, -0.25) is 4.79 Å². The quantitative estimate of drug-likeness (QED) is 0.663. The van der Waals surface area contributed by atoms with Gasteiger partial charge in [-0.05, 0) is 25.8 Å². The molecule has 0 aromatic rings. The summed E-state index contributed by atoms with van der Waals surface area (Å²) in [5.41, 5.74) is 0. The number of hydrogen-bond donors (Lipinski definition) is 2. The third kappa shape index (κ3) is 2.45. The maximum atomic E-state index is 11.5. The fourth-order valence-electron chi connectivity index (χ4n) is 1.85. The van der Waals surface area contributed by atoms with E-state index in [1.165, 1.54) is 6.42 Å². The molecule has 2 aliphatic rings. The van der Waals surface area contributed by atoms with Crippen LogP contribution in [-0.2, 0) is 9.53 Å². The molecule has 4 heteroatoms. The minimum Gasteiger partial charge on any atom is -0.381 e. The minimum absolute atomic E-state index is 0.101. The Morgan fingerprint density at radius 3 is 2.93 bits per heavy atom. The van der Waals surface area contributed by atoms with E-state index in [-0.39, 0.29) is 11.8 Å². The van der Waals surface area contributed by atoms with Crippen molar-refractivity contribution < 1.29 is 9.53 Å². The summed E-state index contributed by atoms with van der Waals surface area (Å²) in [7, 11) is 0. The summed E-state index contributed by atoms with van der Waals surface area (Å²) in [4.78, 5) is 11.5. The lowest BCUT2D eigenvalue weighted by Crippen LogP contribution is -2.45. The molecule has 2 aliphatic heterocycles. The van der Waals surface area contributed by atoms with Gasteiger partial charge in [0.15, 0.2) is 0 Å². The van der Waals surface area contributed by atoms with Crippen LogP contribution in [0.5, 0.6) is 0 Å². The van der Waals surface area contributed by atoms with Crippen LogP contribution < -0.4 is 10.6 Å². The van der Waals surface area contributed by atoms with Gasteiger partial charge in [0.05, 0.1) is 12.5 Å². The standard InChI is InChI=1S/C10H18N2O2/c13-10(8-3-6-14-7-8)12-5-2-9-1-4-11-9/h8-9,11H,1-7H2,(H,12,13). The van der Waals surface area contributed by atoms with Crippen LogP contribution in [0.2, 0.25) is 0 Å². The van der Waals surface area contributed by atoms with E-state index >= 15 is 0 Å². The van der Waals surface area contributed by atoms with E-state index in [0.29, 0.717) is 12.6 Å². The molecule has 2 N–H and O–H groups in total. The monoisotopic (exact) mass is 198 g/mol. The fraction of sp³-hybridized carbons (Fsp3) is 0.900. The third-order valence-corrected chi connectivity index (χ3v) is 3.02. The van der Waals surface area contributed by atoms with Crippen molar-refractivity contribution in [3.63, 3.8) is 0 Å². The largest absolute Gasteiger partial charge is 0.381 e. The first-order valence-electron chi connectivity index (χ1n) is 5.45. The van der Waals surface area contributed by atoms with Crippen molar-refractivity contribution in [2.75, 3.05) is 26.3 Å². The summed E-state index contributed by atoms with van der Waals surface area (Å²) in [6.45, 7) is 3.28. The zero-order valence-electron chi connectivity index (χ0n) is 8.42.